The van der Waals surface area contributed by atoms with Crippen LogP contribution in [-0.2, 0) is 4.79 Å². The number of nitrogens with one attached hydrogen (secondary N) is 1. The molecule has 10 nitrogen and oxygen atoms in total. The third kappa shape index (κ3) is 4.17. The van der Waals surface area contributed by atoms with Crippen molar-refractivity contribution in [2.24, 2.45) is 15.3 Å². The molecule has 0 aliphatic carbocycles. The smallest absolute Gasteiger partial charge is 0.280 e. The predicted octanol–water partition coefficient (Wildman–Crippen LogP) is 4.73. The fraction of sp³-hybridized carbons (Fsp3) is 0.160. The lowest BCUT2D eigenvalue weighted by Gasteiger charge is -2.14. The molecule has 4 aromatic rings. The molecule has 0 saturated heterocycles. The molecule has 2 N–H and O–H groups in total. The number of hydrogen-bond acceptors (Lipinski definition) is 8. The van der Waals surface area contributed by atoms with Gasteiger partial charge in [-0.3, -0.25) is 4.79 Å². The number of rotatable bonds is 5. The Bertz CT molecular complexity index is 1480. The van der Waals surface area contributed by atoms with Gasteiger partial charge >= 0.3 is 0 Å². The third-order valence-electron chi connectivity index (χ3n) is 5.92. The van der Waals surface area contributed by atoms with Crippen LogP contribution in [0.2, 0.25) is 0 Å². The van der Waals surface area contributed by atoms with Crippen molar-refractivity contribution in [3.05, 3.63) is 71.8 Å². The Hall–Kier alpha value is -4.73. The monoisotopic (exact) mass is 466 g/mol. The van der Waals surface area contributed by atoms with Crippen LogP contribution < -0.4 is 5.01 Å². The molecule has 35 heavy (non-hydrogen) atoms. The second kappa shape index (κ2) is 8.90. The number of hydrazone groups is 1. The van der Waals surface area contributed by atoms with Crippen molar-refractivity contribution < 1.29 is 9.90 Å². The van der Waals surface area contributed by atoms with Crippen LogP contribution in [0.3, 0.4) is 0 Å². The van der Waals surface area contributed by atoms with Crippen LogP contribution in [-0.4, -0.2) is 43.4 Å². The molecular weight excluding hydrogens is 444 g/mol. The molecule has 10 heteroatoms. The second-order valence-corrected chi connectivity index (χ2v) is 8.28. The molecule has 0 radical (unpaired) electrons. The van der Waals surface area contributed by atoms with E-state index < -0.39 is 6.04 Å². The number of para-hydroxylation sites is 1. The van der Waals surface area contributed by atoms with Crippen molar-refractivity contribution >= 4 is 23.0 Å². The summed E-state index contributed by atoms with van der Waals surface area (Å²) in [6.07, 6.45) is 0. The first-order valence-corrected chi connectivity index (χ1v) is 11.0. The molecule has 3 aromatic carbocycles. The zero-order valence-electron chi connectivity index (χ0n) is 19.3. The molecule has 1 amide bonds. The van der Waals surface area contributed by atoms with Gasteiger partial charge in [-0.05, 0) is 72.2 Å². The van der Waals surface area contributed by atoms with Gasteiger partial charge in [0.15, 0.2) is 17.6 Å². The number of aromatic amines is 1. The van der Waals surface area contributed by atoms with Gasteiger partial charge in [0.2, 0.25) is 0 Å². The zero-order chi connectivity index (χ0) is 24.5. The van der Waals surface area contributed by atoms with Gasteiger partial charge < -0.3 is 5.11 Å². The third-order valence-corrected chi connectivity index (χ3v) is 5.92. The van der Waals surface area contributed by atoms with Crippen molar-refractivity contribution in [3.8, 4) is 28.3 Å². The maximum Gasteiger partial charge on any atom is 0.280 e. The summed E-state index contributed by atoms with van der Waals surface area (Å²) in [5, 5.41) is 39.0. The van der Waals surface area contributed by atoms with Crippen LogP contribution in [0.5, 0.6) is 5.75 Å². The maximum absolute atomic E-state index is 13.0. The highest BCUT2D eigenvalue weighted by atomic mass is 16.3. The molecule has 1 unspecified atom stereocenters. The number of hydrogen-bond donors (Lipinski definition) is 2. The van der Waals surface area contributed by atoms with Gasteiger partial charge in [0.25, 0.3) is 5.91 Å². The number of amides is 1. The number of aryl methyl sites for hydroxylation is 2. The molecule has 0 bridgehead atoms. The van der Waals surface area contributed by atoms with Gasteiger partial charge in [-0.1, -0.05) is 36.4 Å². The van der Waals surface area contributed by atoms with Crippen LogP contribution in [0, 0.1) is 13.8 Å². The van der Waals surface area contributed by atoms with Gasteiger partial charge in [0.1, 0.15) is 5.69 Å². The molecule has 0 spiro atoms. The number of aromatic hydroxyl groups is 1. The molecule has 174 valence electrons. The van der Waals surface area contributed by atoms with E-state index in [-0.39, 0.29) is 17.3 Å². The lowest BCUT2D eigenvalue weighted by molar-refractivity contribution is -0.117. The zero-order valence-corrected chi connectivity index (χ0v) is 19.3. The summed E-state index contributed by atoms with van der Waals surface area (Å²) < 4.78 is 0. The second-order valence-electron chi connectivity index (χ2n) is 8.28. The highest BCUT2D eigenvalue weighted by molar-refractivity contribution is 6.18. The summed E-state index contributed by atoms with van der Waals surface area (Å²) in [6, 6.07) is 17.5. The Morgan fingerprint density at radius 3 is 2.54 bits per heavy atom. The summed E-state index contributed by atoms with van der Waals surface area (Å²) in [6.45, 7) is 5.74. The van der Waals surface area contributed by atoms with Crippen LogP contribution in [0.4, 0.5) is 11.4 Å². The lowest BCUT2D eigenvalue weighted by atomic mass is 10.0. The Morgan fingerprint density at radius 2 is 1.77 bits per heavy atom. The number of carbonyl (C=O) groups is 1. The number of aromatic nitrogens is 4. The predicted molar refractivity (Wildman–Crippen MR) is 132 cm³/mol. The van der Waals surface area contributed by atoms with E-state index in [1.807, 2.05) is 56.3 Å². The molecule has 1 aliphatic heterocycles. The van der Waals surface area contributed by atoms with E-state index in [4.69, 9.17) is 0 Å². The first-order valence-electron chi connectivity index (χ1n) is 11.0. The van der Waals surface area contributed by atoms with E-state index in [1.54, 1.807) is 25.1 Å². The van der Waals surface area contributed by atoms with Crippen molar-refractivity contribution in [3.63, 3.8) is 0 Å². The van der Waals surface area contributed by atoms with Crippen LogP contribution in [0.15, 0.2) is 76.0 Å². The molecule has 0 saturated carbocycles. The highest BCUT2D eigenvalue weighted by Crippen LogP contribution is 2.38. The number of azo groups is 1. The Balaban J connectivity index is 1.41. The number of phenols is 1. The van der Waals surface area contributed by atoms with Crippen molar-refractivity contribution in [2.45, 2.75) is 26.8 Å². The van der Waals surface area contributed by atoms with E-state index in [1.165, 1.54) is 5.01 Å². The standard InChI is InChI=1S/C25H22N8O2/c1-14-10-11-19(12-15(14)2)33-25(35)22(16(3)30-33)27-26-21-9-5-8-20(23(21)34)17-6-4-7-18(13-17)24-28-31-32-29-24/h4-13,22,34H,1-3H3,(H,28,29,31,32)/b27-26+. The minimum atomic E-state index is -0.859. The number of nitrogens with zero attached hydrogens (tertiary/aromatic N) is 7. The van der Waals surface area contributed by atoms with Crippen LogP contribution >= 0.6 is 0 Å². The molecule has 2 heterocycles. The lowest BCUT2D eigenvalue weighted by Crippen LogP contribution is -2.29. The minimum absolute atomic E-state index is 0.0462. The van der Waals surface area contributed by atoms with Gasteiger partial charge in [0, 0.05) is 11.1 Å². The number of benzene rings is 3. The van der Waals surface area contributed by atoms with Gasteiger partial charge in [-0.15, -0.1) is 5.10 Å². The van der Waals surface area contributed by atoms with Gasteiger partial charge in [0.05, 0.1) is 11.4 Å². The normalized spacial score (nSPS) is 15.7. The average Bonchev–Trinajstić information content (AvgIpc) is 3.49. The number of anilines is 1. The molecular formula is C25H22N8O2. The minimum Gasteiger partial charge on any atom is -0.505 e. The largest absolute Gasteiger partial charge is 0.505 e. The van der Waals surface area contributed by atoms with Crippen molar-refractivity contribution in [1.82, 2.24) is 20.6 Å². The summed E-state index contributed by atoms with van der Waals surface area (Å²) in [7, 11) is 0. The van der Waals surface area contributed by atoms with Gasteiger partial charge in [-0.25, -0.2) is 5.10 Å². The first kappa shape index (κ1) is 22.1. The number of H-pyrrole nitrogens is 1. The van der Waals surface area contributed by atoms with E-state index >= 15 is 0 Å². The Kier molecular flexibility index (Phi) is 5.61. The maximum atomic E-state index is 13.0. The molecule has 5 rings (SSSR count). The van der Waals surface area contributed by atoms with Crippen molar-refractivity contribution in [1.29, 1.82) is 0 Å². The topological polar surface area (TPSA) is 132 Å². The van der Waals surface area contributed by atoms with Crippen molar-refractivity contribution in [2.75, 3.05) is 5.01 Å². The molecule has 1 aliphatic rings. The summed E-state index contributed by atoms with van der Waals surface area (Å²) >= 11 is 0. The van der Waals surface area contributed by atoms with E-state index in [2.05, 4.69) is 36.0 Å². The number of tetrazole rings is 1. The fourth-order valence-electron chi connectivity index (χ4n) is 3.81. The summed E-state index contributed by atoms with van der Waals surface area (Å²) in [4.78, 5) is 13.0. The fourth-order valence-corrected chi connectivity index (χ4v) is 3.81. The number of phenolic OH excluding ortho intramolecular Hbond substituents is 1. The Morgan fingerprint density at radius 1 is 0.971 bits per heavy atom. The van der Waals surface area contributed by atoms with Crippen LogP contribution in [0.1, 0.15) is 18.1 Å². The van der Waals surface area contributed by atoms with E-state index in [0.29, 0.717) is 22.8 Å². The number of carbonyl (C=O) groups excluding carboxylic acids is 1. The first-order chi connectivity index (χ1) is 16.9. The SMILES string of the molecule is CC1=NN(c2ccc(C)c(C)c2)C(=O)C1/N=N/c1cccc(-c2cccc(-c3nnn[nH]3)c2)c1O. The average molecular weight is 467 g/mol. The van der Waals surface area contributed by atoms with E-state index in [0.717, 1.165) is 22.3 Å². The molecule has 1 aromatic heterocycles. The highest BCUT2D eigenvalue weighted by Gasteiger charge is 2.35. The molecule has 1 atom stereocenters. The van der Waals surface area contributed by atoms with Gasteiger partial charge in [-0.2, -0.15) is 20.3 Å². The van der Waals surface area contributed by atoms with Crippen LogP contribution in [0.25, 0.3) is 22.5 Å². The molecule has 0 fully saturated rings. The van der Waals surface area contributed by atoms with E-state index in [9.17, 15) is 9.90 Å². The summed E-state index contributed by atoms with van der Waals surface area (Å²) in [5.74, 6) is 0.179. The quantitative estimate of drug-likeness (QED) is 0.410. The summed E-state index contributed by atoms with van der Waals surface area (Å²) in [5.41, 5.74) is 5.75. The Labute approximate surface area is 201 Å².